The van der Waals surface area contributed by atoms with Gasteiger partial charge in [0.25, 0.3) is 0 Å². The van der Waals surface area contributed by atoms with E-state index in [4.69, 9.17) is 4.52 Å². The zero-order chi connectivity index (χ0) is 17.7. The Balaban J connectivity index is 2.24. The molecule has 0 aliphatic heterocycles. The maximum absolute atomic E-state index is 5.26. The molecule has 7 heteroatoms. The van der Waals surface area contributed by atoms with E-state index in [9.17, 15) is 0 Å². The predicted molar refractivity (Wildman–Crippen MR) is 97.2 cm³/mol. The molecule has 0 bridgehead atoms. The normalized spacial score (nSPS) is 13.0. The molecule has 0 saturated carbocycles. The van der Waals surface area contributed by atoms with Gasteiger partial charge in [-0.2, -0.15) is 0 Å². The fourth-order valence-corrected chi connectivity index (χ4v) is 3.93. The maximum Gasteiger partial charge on any atom is 0.191 e. The molecule has 0 spiro atoms. The van der Waals surface area contributed by atoms with Crippen molar-refractivity contribution in [1.82, 2.24) is 24.8 Å². The number of thioether (sulfide) groups is 1. The molecule has 1 unspecified atom stereocenters. The Hall–Kier alpha value is -1.34. The van der Waals surface area contributed by atoms with Crippen molar-refractivity contribution in [3.8, 4) is 0 Å². The number of unbranched alkanes of at least 4 members (excludes halogenated alkanes) is 1. The summed E-state index contributed by atoms with van der Waals surface area (Å²) in [5.41, 5.74) is 2.12. The Morgan fingerprint density at radius 3 is 2.50 bits per heavy atom. The molecule has 0 saturated heterocycles. The number of nitrogens with zero attached hydrogens (tertiary/aromatic N) is 5. The van der Waals surface area contributed by atoms with E-state index >= 15 is 0 Å². The van der Waals surface area contributed by atoms with Crippen LogP contribution in [0, 0.1) is 13.8 Å². The molecule has 0 aliphatic carbocycles. The van der Waals surface area contributed by atoms with Crippen LogP contribution in [0.25, 0.3) is 0 Å². The molecule has 24 heavy (non-hydrogen) atoms. The summed E-state index contributed by atoms with van der Waals surface area (Å²) >= 11 is 1.71. The molecule has 2 aromatic rings. The molecular weight excluding hydrogens is 322 g/mol. The minimum atomic E-state index is 0.294. The molecule has 0 amide bonds. The van der Waals surface area contributed by atoms with E-state index < -0.39 is 0 Å². The quantitative estimate of drug-likeness (QED) is 0.637. The van der Waals surface area contributed by atoms with Crippen LogP contribution in [0.2, 0.25) is 0 Å². The Kier molecular flexibility index (Phi) is 6.86. The Morgan fingerprint density at radius 2 is 1.96 bits per heavy atom. The van der Waals surface area contributed by atoms with Gasteiger partial charge in [0.05, 0.1) is 11.7 Å². The first-order valence-corrected chi connectivity index (χ1v) is 9.62. The van der Waals surface area contributed by atoms with Crippen LogP contribution in [0.3, 0.4) is 0 Å². The summed E-state index contributed by atoms with van der Waals surface area (Å²) in [6, 6.07) is 0.294. The maximum atomic E-state index is 5.26. The Bertz CT molecular complexity index is 630. The molecule has 0 N–H and O–H groups in total. The second kappa shape index (κ2) is 8.67. The lowest BCUT2D eigenvalue weighted by Crippen LogP contribution is -2.23. The predicted octanol–water partition coefficient (Wildman–Crippen LogP) is 3.99. The summed E-state index contributed by atoms with van der Waals surface area (Å²) < 4.78 is 7.55. The number of hydrogen-bond donors (Lipinski definition) is 0. The molecule has 2 aromatic heterocycles. The lowest BCUT2D eigenvalue weighted by Gasteiger charge is -2.23. The number of aryl methyl sites for hydroxylation is 2. The SMILES string of the molecule is CCCCn1c(SCc2c(C)noc2C)nnc1C(CC)N(C)C. The monoisotopic (exact) mass is 351 g/mol. The average Bonchev–Trinajstić information content (AvgIpc) is 3.08. The van der Waals surface area contributed by atoms with Gasteiger partial charge in [-0.1, -0.05) is 37.2 Å². The number of rotatable bonds is 9. The lowest BCUT2D eigenvalue weighted by atomic mass is 10.2. The van der Waals surface area contributed by atoms with Gasteiger partial charge in [-0.05, 0) is 40.8 Å². The van der Waals surface area contributed by atoms with Gasteiger partial charge in [-0.15, -0.1) is 10.2 Å². The molecule has 1 atom stereocenters. The fourth-order valence-electron chi connectivity index (χ4n) is 2.80. The Morgan fingerprint density at radius 1 is 1.21 bits per heavy atom. The van der Waals surface area contributed by atoms with E-state index in [1.807, 2.05) is 13.8 Å². The third-order valence-electron chi connectivity index (χ3n) is 4.32. The van der Waals surface area contributed by atoms with E-state index in [1.165, 1.54) is 0 Å². The van der Waals surface area contributed by atoms with Crippen molar-refractivity contribution in [2.24, 2.45) is 0 Å². The van der Waals surface area contributed by atoms with Gasteiger partial charge < -0.3 is 9.09 Å². The lowest BCUT2D eigenvalue weighted by molar-refractivity contribution is 0.270. The summed E-state index contributed by atoms with van der Waals surface area (Å²) in [5, 5.41) is 14.0. The van der Waals surface area contributed by atoms with E-state index in [0.717, 1.165) is 59.6 Å². The molecule has 2 rings (SSSR count). The second-order valence-electron chi connectivity index (χ2n) is 6.33. The highest BCUT2D eigenvalue weighted by Crippen LogP contribution is 2.29. The standard InChI is InChI=1S/C17H29N5OS/c1-7-9-10-22-16(15(8-2)21(5)6)18-19-17(22)24-11-14-12(3)20-23-13(14)4/h15H,7-11H2,1-6H3. The number of aromatic nitrogens is 4. The largest absolute Gasteiger partial charge is 0.361 e. The fraction of sp³-hybridized carbons (Fsp3) is 0.706. The summed E-state index contributed by atoms with van der Waals surface area (Å²) in [6.07, 6.45) is 3.31. The van der Waals surface area contributed by atoms with Crippen LogP contribution in [0.15, 0.2) is 9.68 Å². The van der Waals surface area contributed by atoms with Gasteiger partial charge in [-0.25, -0.2) is 0 Å². The van der Waals surface area contributed by atoms with Crippen LogP contribution >= 0.6 is 11.8 Å². The van der Waals surface area contributed by atoms with E-state index in [-0.39, 0.29) is 0 Å². The summed E-state index contributed by atoms with van der Waals surface area (Å²) in [5.74, 6) is 2.77. The summed E-state index contributed by atoms with van der Waals surface area (Å²) in [7, 11) is 4.20. The van der Waals surface area contributed by atoms with Crippen LogP contribution < -0.4 is 0 Å². The molecule has 0 aromatic carbocycles. The van der Waals surface area contributed by atoms with Gasteiger partial charge in [0.1, 0.15) is 5.76 Å². The van der Waals surface area contributed by atoms with Crippen molar-refractivity contribution >= 4 is 11.8 Å². The molecule has 0 radical (unpaired) electrons. The van der Waals surface area contributed by atoms with E-state index in [1.54, 1.807) is 11.8 Å². The van der Waals surface area contributed by atoms with Crippen molar-refractivity contribution in [1.29, 1.82) is 0 Å². The molecule has 134 valence electrons. The first-order chi connectivity index (χ1) is 11.5. The average molecular weight is 352 g/mol. The molecular formula is C17H29N5OS. The molecule has 2 heterocycles. The zero-order valence-corrected chi connectivity index (χ0v) is 16.5. The highest BCUT2D eigenvalue weighted by Gasteiger charge is 2.22. The Labute approximate surface area is 149 Å². The van der Waals surface area contributed by atoms with Gasteiger partial charge >= 0.3 is 0 Å². The minimum absolute atomic E-state index is 0.294. The van der Waals surface area contributed by atoms with Gasteiger partial charge in [0.15, 0.2) is 11.0 Å². The van der Waals surface area contributed by atoms with Crippen molar-refractivity contribution < 1.29 is 4.52 Å². The van der Waals surface area contributed by atoms with Crippen LogP contribution in [-0.4, -0.2) is 38.9 Å². The van der Waals surface area contributed by atoms with Crippen LogP contribution in [0.4, 0.5) is 0 Å². The second-order valence-corrected chi connectivity index (χ2v) is 7.27. The third-order valence-corrected chi connectivity index (χ3v) is 5.31. The summed E-state index contributed by atoms with van der Waals surface area (Å²) in [6.45, 7) is 9.32. The first-order valence-electron chi connectivity index (χ1n) is 8.63. The van der Waals surface area contributed by atoms with Crippen molar-refractivity contribution in [2.75, 3.05) is 14.1 Å². The number of hydrogen-bond acceptors (Lipinski definition) is 6. The molecule has 0 fully saturated rings. The van der Waals surface area contributed by atoms with Gasteiger partial charge in [0, 0.05) is 17.9 Å². The minimum Gasteiger partial charge on any atom is -0.361 e. The summed E-state index contributed by atoms with van der Waals surface area (Å²) in [4.78, 5) is 2.22. The van der Waals surface area contributed by atoms with E-state index in [2.05, 4.69) is 52.8 Å². The van der Waals surface area contributed by atoms with Gasteiger partial charge in [-0.3, -0.25) is 4.90 Å². The van der Waals surface area contributed by atoms with Gasteiger partial charge in [0.2, 0.25) is 0 Å². The van der Waals surface area contributed by atoms with Crippen LogP contribution in [0.5, 0.6) is 0 Å². The van der Waals surface area contributed by atoms with Crippen molar-refractivity contribution in [3.05, 3.63) is 22.8 Å². The smallest absolute Gasteiger partial charge is 0.191 e. The van der Waals surface area contributed by atoms with E-state index in [0.29, 0.717) is 6.04 Å². The highest BCUT2D eigenvalue weighted by molar-refractivity contribution is 7.98. The molecule has 6 nitrogen and oxygen atoms in total. The topological polar surface area (TPSA) is 60.0 Å². The van der Waals surface area contributed by atoms with Crippen LogP contribution in [0.1, 0.15) is 62.0 Å². The molecule has 0 aliphatic rings. The zero-order valence-electron chi connectivity index (χ0n) is 15.7. The van der Waals surface area contributed by atoms with Crippen molar-refractivity contribution in [2.45, 2.75) is 70.5 Å². The van der Waals surface area contributed by atoms with Crippen LogP contribution in [-0.2, 0) is 12.3 Å². The first kappa shape index (κ1) is 19.0. The van der Waals surface area contributed by atoms with Crippen molar-refractivity contribution in [3.63, 3.8) is 0 Å². The highest BCUT2D eigenvalue weighted by atomic mass is 32.2. The third kappa shape index (κ3) is 4.19.